The number of esters is 2. The van der Waals surface area contributed by atoms with Crippen LogP contribution in [0.1, 0.15) is 12.8 Å². The van der Waals surface area contributed by atoms with Gasteiger partial charge in [-0.15, -0.1) is 0 Å². The Hall–Kier alpha value is -1.10. The van der Waals surface area contributed by atoms with E-state index in [1.165, 1.54) is 14.2 Å². The highest BCUT2D eigenvalue weighted by atomic mass is 16.5. The van der Waals surface area contributed by atoms with Crippen molar-refractivity contribution < 1.29 is 19.1 Å². The zero-order valence-electron chi connectivity index (χ0n) is 9.19. The molecule has 0 unspecified atom stereocenters. The van der Waals surface area contributed by atoms with Gasteiger partial charge in [0, 0.05) is 0 Å². The summed E-state index contributed by atoms with van der Waals surface area (Å²) in [6, 6.07) is 0. The first-order valence-corrected chi connectivity index (χ1v) is 5.04. The monoisotopic (exact) mass is 215 g/mol. The number of rotatable bonds is 3. The molecule has 0 bridgehead atoms. The molecule has 15 heavy (non-hydrogen) atoms. The van der Waals surface area contributed by atoms with Crippen molar-refractivity contribution in [3.05, 3.63) is 0 Å². The first-order valence-electron chi connectivity index (χ1n) is 5.04. The molecule has 1 aliphatic rings. The lowest BCUT2D eigenvalue weighted by molar-refractivity contribution is -0.147. The molecule has 0 N–H and O–H groups in total. The van der Waals surface area contributed by atoms with Crippen molar-refractivity contribution in [3.63, 3.8) is 0 Å². The number of likely N-dealkylation sites (tertiary alicyclic amines) is 1. The molecule has 86 valence electrons. The standard InChI is InChI=1S/C10H17NO4/c1-14-9(12)7-11-5-3-8(4-6-11)10(13)15-2/h8H,3-7H2,1-2H3. The average molecular weight is 215 g/mol. The van der Waals surface area contributed by atoms with E-state index < -0.39 is 0 Å². The van der Waals surface area contributed by atoms with Crippen LogP contribution < -0.4 is 0 Å². The molecule has 5 nitrogen and oxygen atoms in total. The summed E-state index contributed by atoms with van der Waals surface area (Å²) in [5, 5.41) is 0. The van der Waals surface area contributed by atoms with Gasteiger partial charge < -0.3 is 9.47 Å². The van der Waals surface area contributed by atoms with Gasteiger partial charge in [0.15, 0.2) is 0 Å². The van der Waals surface area contributed by atoms with E-state index in [9.17, 15) is 9.59 Å². The fraction of sp³-hybridized carbons (Fsp3) is 0.800. The predicted molar refractivity (Wildman–Crippen MR) is 53.2 cm³/mol. The molecule has 1 heterocycles. The Labute approximate surface area is 89.3 Å². The summed E-state index contributed by atoms with van der Waals surface area (Å²) >= 11 is 0. The molecule has 1 fully saturated rings. The first-order chi connectivity index (χ1) is 7.17. The quantitative estimate of drug-likeness (QED) is 0.622. The van der Waals surface area contributed by atoms with Gasteiger partial charge in [0.25, 0.3) is 0 Å². The second kappa shape index (κ2) is 5.70. The maximum absolute atomic E-state index is 11.2. The van der Waals surface area contributed by atoms with Gasteiger partial charge in [-0.05, 0) is 25.9 Å². The van der Waals surface area contributed by atoms with E-state index >= 15 is 0 Å². The van der Waals surface area contributed by atoms with Crippen LogP contribution in [0.4, 0.5) is 0 Å². The lowest BCUT2D eigenvalue weighted by atomic mass is 9.97. The van der Waals surface area contributed by atoms with Crippen LogP contribution in [0.15, 0.2) is 0 Å². The summed E-state index contributed by atoms with van der Waals surface area (Å²) in [6.45, 7) is 1.80. The van der Waals surface area contributed by atoms with Gasteiger partial charge in [-0.25, -0.2) is 0 Å². The predicted octanol–water partition coefficient (Wildman–Crippen LogP) is 0.0444. The Bertz CT molecular complexity index is 234. The molecule has 0 aliphatic carbocycles. The maximum atomic E-state index is 11.2. The van der Waals surface area contributed by atoms with Crippen LogP contribution in [-0.4, -0.2) is 50.7 Å². The van der Waals surface area contributed by atoms with Crippen LogP contribution in [0.2, 0.25) is 0 Å². The summed E-state index contributed by atoms with van der Waals surface area (Å²) in [5.41, 5.74) is 0. The normalized spacial score (nSPS) is 18.5. The number of methoxy groups -OCH3 is 2. The average Bonchev–Trinajstić information content (AvgIpc) is 2.29. The molecular weight excluding hydrogens is 198 g/mol. The van der Waals surface area contributed by atoms with E-state index in [1.54, 1.807) is 0 Å². The molecule has 0 spiro atoms. The molecule has 1 rings (SSSR count). The largest absolute Gasteiger partial charge is 0.469 e. The summed E-state index contributed by atoms with van der Waals surface area (Å²) in [6.07, 6.45) is 1.51. The van der Waals surface area contributed by atoms with Gasteiger partial charge in [0.05, 0.1) is 26.7 Å². The Kier molecular flexibility index (Phi) is 4.55. The molecular formula is C10H17NO4. The molecule has 1 aliphatic heterocycles. The highest BCUT2D eigenvalue weighted by Gasteiger charge is 2.26. The van der Waals surface area contributed by atoms with E-state index in [2.05, 4.69) is 9.47 Å². The van der Waals surface area contributed by atoms with Crippen molar-refractivity contribution in [2.45, 2.75) is 12.8 Å². The van der Waals surface area contributed by atoms with E-state index in [-0.39, 0.29) is 17.9 Å². The Morgan fingerprint density at radius 2 is 1.80 bits per heavy atom. The minimum absolute atomic E-state index is 0.0103. The van der Waals surface area contributed by atoms with Gasteiger partial charge in [0.2, 0.25) is 0 Å². The van der Waals surface area contributed by atoms with Gasteiger partial charge in [-0.1, -0.05) is 0 Å². The molecule has 0 aromatic carbocycles. The van der Waals surface area contributed by atoms with Crippen molar-refractivity contribution >= 4 is 11.9 Å². The maximum Gasteiger partial charge on any atom is 0.319 e. The summed E-state index contributed by atoms with van der Waals surface area (Å²) in [5.74, 6) is -0.386. The molecule has 0 amide bonds. The van der Waals surface area contributed by atoms with Crippen molar-refractivity contribution in [2.24, 2.45) is 5.92 Å². The molecule has 5 heteroatoms. The van der Waals surface area contributed by atoms with Crippen LogP contribution in [0.5, 0.6) is 0 Å². The Morgan fingerprint density at radius 3 is 2.27 bits per heavy atom. The molecule has 1 saturated heterocycles. The topological polar surface area (TPSA) is 55.8 Å². The lowest BCUT2D eigenvalue weighted by Gasteiger charge is -2.29. The smallest absolute Gasteiger partial charge is 0.319 e. The SMILES string of the molecule is COC(=O)CN1CCC(C(=O)OC)CC1. The number of hydrogen-bond acceptors (Lipinski definition) is 5. The van der Waals surface area contributed by atoms with Crippen molar-refractivity contribution in [1.29, 1.82) is 0 Å². The molecule has 0 radical (unpaired) electrons. The van der Waals surface area contributed by atoms with Crippen LogP contribution in [-0.2, 0) is 19.1 Å². The lowest BCUT2D eigenvalue weighted by Crippen LogP contribution is -2.39. The number of carbonyl (C=O) groups excluding carboxylic acids is 2. The number of hydrogen-bond donors (Lipinski definition) is 0. The van der Waals surface area contributed by atoms with E-state index in [4.69, 9.17) is 0 Å². The number of carbonyl (C=O) groups is 2. The highest BCUT2D eigenvalue weighted by molar-refractivity contribution is 5.73. The summed E-state index contributed by atoms with van der Waals surface area (Å²) in [4.78, 5) is 24.2. The Morgan fingerprint density at radius 1 is 1.20 bits per heavy atom. The molecule has 0 aromatic rings. The summed E-state index contributed by atoms with van der Waals surface area (Å²) < 4.78 is 9.25. The fourth-order valence-corrected chi connectivity index (χ4v) is 1.74. The minimum Gasteiger partial charge on any atom is -0.469 e. The van der Waals surface area contributed by atoms with Gasteiger partial charge in [-0.3, -0.25) is 14.5 Å². The third kappa shape index (κ3) is 3.51. The number of ether oxygens (including phenoxy) is 2. The van der Waals surface area contributed by atoms with Gasteiger partial charge in [-0.2, -0.15) is 0 Å². The van der Waals surface area contributed by atoms with Crippen LogP contribution in [0, 0.1) is 5.92 Å². The zero-order valence-corrected chi connectivity index (χ0v) is 9.19. The first kappa shape index (κ1) is 12.0. The fourth-order valence-electron chi connectivity index (χ4n) is 1.74. The third-order valence-corrected chi connectivity index (χ3v) is 2.70. The number of piperidine rings is 1. The van der Waals surface area contributed by atoms with E-state index in [1.807, 2.05) is 4.90 Å². The van der Waals surface area contributed by atoms with Crippen LogP contribution in [0.3, 0.4) is 0 Å². The summed E-state index contributed by atoms with van der Waals surface area (Å²) in [7, 11) is 2.78. The third-order valence-electron chi connectivity index (χ3n) is 2.70. The van der Waals surface area contributed by atoms with Crippen molar-refractivity contribution in [1.82, 2.24) is 4.90 Å². The minimum atomic E-state index is -0.230. The zero-order chi connectivity index (χ0) is 11.3. The van der Waals surface area contributed by atoms with Crippen LogP contribution in [0.25, 0.3) is 0 Å². The van der Waals surface area contributed by atoms with E-state index in [0.29, 0.717) is 6.54 Å². The van der Waals surface area contributed by atoms with E-state index in [0.717, 1.165) is 25.9 Å². The van der Waals surface area contributed by atoms with Crippen LogP contribution >= 0.6 is 0 Å². The molecule has 0 atom stereocenters. The second-order valence-corrected chi connectivity index (χ2v) is 3.65. The van der Waals surface area contributed by atoms with Gasteiger partial charge in [0.1, 0.15) is 0 Å². The Balaban J connectivity index is 2.29. The van der Waals surface area contributed by atoms with Crippen molar-refractivity contribution in [2.75, 3.05) is 33.9 Å². The molecule has 0 saturated carbocycles. The van der Waals surface area contributed by atoms with Gasteiger partial charge >= 0.3 is 11.9 Å². The number of nitrogens with zero attached hydrogens (tertiary/aromatic N) is 1. The molecule has 0 aromatic heterocycles. The second-order valence-electron chi connectivity index (χ2n) is 3.65. The highest BCUT2D eigenvalue weighted by Crippen LogP contribution is 2.17. The van der Waals surface area contributed by atoms with Crippen molar-refractivity contribution in [3.8, 4) is 0 Å².